The monoisotopic (exact) mass is 266 g/mol. The molecule has 17 heavy (non-hydrogen) atoms. The number of carbonyl (C=O) groups is 1. The molecule has 0 saturated carbocycles. The van der Waals surface area contributed by atoms with Crippen LogP contribution in [0.15, 0.2) is 0 Å². The molecule has 0 spiro atoms. The molecule has 102 valence electrons. The second kappa shape index (κ2) is 10.8. The number of carbonyl (C=O) groups excluding carboxylic acids is 1. The summed E-state index contributed by atoms with van der Waals surface area (Å²) >= 11 is 0. The van der Waals surface area contributed by atoms with Crippen molar-refractivity contribution in [2.24, 2.45) is 5.92 Å². The number of hydrogen-bond donors (Lipinski definition) is 2. The van der Waals surface area contributed by atoms with E-state index in [1.165, 1.54) is 0 Å². The number of methoxy groups -OCH3 is 1. The zero-order valence-corrected chi connectivity index (χ0v) is 11.2. The third-order valence-electron chi connectivity index (χ3n) is 2.61. The number of rotatable bonds is 7. The third-order valence-corrected chi connectivity index (χ3v) is 2.61. The number of halogens is 1. The van der Waals surface area contributed by atoms with E-state index in [4.69, 9.17) is 9.47 Å². The van der Waals surface area contributed by atoms with Crippen LogP contribution in [0.4, 0.5) is 0 Å². The molecule has 1 saturated heterocycles. The van der Waals surface area contributed by atoms with Crippen molar-refractivity contribution < 1.29 is 14.3 Å². The van der Waals surface area contributed by atoms with Gasteiger partial charge in [0.25, 0.3) is 0 Å². The Bertz CT molecular complexity index is 199. The highest BCUT2D eigenvalue weighted by Gasteiger charge is 2.14. The van der Waals surface area contributed by atoms with Crippen LogP contribution in [0.25, 0.3) is 0 Å². The number of amides is 1. The first-order chi connectivity index (χ1) is 7.83. The van der Waals surface area contributed by atoms with E-state index in [0.29, 0.717) is 25.6 Å². The Morgan fingerprint density at radius 1 is 1.53 bits per heavy atom. The minimum absolute atomic E-state index is 0. The molecule has 5 nitrogen and oxygen atoms in total. The van der Waals surface area contributed by atoms with Crippen LogP contribution in [-0.4, -0.2) is 52.5 Å². The van der Waals surface area contributed by atoms with Crippen LogP contribution >= 0.6 is 12.4 Å². The van der Waals surface area contributed by atoms with E-state index in [1.54, 1.807) is 7.11 Å². The summed E-state index contributed by atoms with van der Waals surface area (Å²) in [6.45, 7) is 4.06. The third kappa shape index (κ3) is 8.37. The van der Waals surface area contributed by atoms with Gasteiger partial charge >= 0.3 is 0 Å². The zero-order chi connectivity index (χ0) is 11.6. The molecule has 1 amide bonds. The molecule has 6 heteroatoms. The van der Waals surface area contributed by atoms with Gasteiger partial charge in [-0.15, -0.1) is 12.4 Å². The van der Waals surface area contributed by atoms with E-state index in [9.17, 15) is 4.79 Å². The second-order valence-corrected chi connectivity index (χ2v) is 4.06. The molecular formula is C11H23ClN2O3. The number of nitrogens with one attached hydrogen (secondary N) is 2. The average molecular weight is 267 g/mol. The van der Waals surface area contributed by atoms with Gasteiger partial charge in [-0.25, -0.2) is 0 Å². The summed E-state index contributed by atoms with van der Waals surface area (Å²) in [5, 5.41) is 5.91. The lowest BCUT2D eigenvalue weighted by Crippen LogP contribution is -2.39. The maximum atomic E-state index is 11.4. The molecular weight excluding hydrogens is 244 g/mol. The maximum absolute atomic E-state index is 11.4. The first kappa shape index (κ1) is 16.6. The highest BCUT2D eigenvalue weighted by molar-refractivity contribution is 5.85. The van der Waals surface area contributed by atoms with E-state index in [0.717, 1.165) is 32.6 Å². The molecule has 1 heterocycles. The van der Waals surface area contributed by atoms with Crippen LogP contribution in [0.3, 0.4) is 0 Å². The van der Waals surface area contributed by atoms with Crippen LogP contribution in [0, 0.1) is 5.92 Å². The summed E-state index contributed by atoms with van der Waals surface area (Å²) in [7, 11) is 1.64. The minimum atomic E-state index is 0. The summed E-state index contributed by atoms with van der Waals surface area (Å²) < 4.78 is 10.2. The Kier molecular flexibility index (Phi) is 10.5. The fraction of sp³-hybridized carbons (Fsp3) is 0.909. The van der Waals surface area contributed by atoms with Gasteiger partial charge in [-0.05, 0) is 18.8 Å². The lowest BCUT2D eigenvalue weighted by Gasteiger charge is -2.22. The molecule has 0 aliphatic carbocycles. The van der Waals surface area contributed by atoms with Crippen molar-refractivity contribution in [2.75, 3.05) is 46.6 Å². The van der Waals surface area contributed by atoms with Crippen molar-refractivity contribution in [1.82, 2.24) is 10.6 Å². The van der Waals surface area contributed by atoms with Crippen LogP contribution in [0.1, 0.15) is 12.8 Å². The van der Waals surface area contributed by atoms with E-state index in [2.05, 4.69) is 10.6 Å². The average Bonchev–Trinajstić information content (AvgIpc) is 2.33. The van der Waals surface area contributed by atoms with Gasteiger partial charge in [0.1, 0.15) is 0 Å². The van der Waals surface area contributed by atoms with E-state index >= 15 is 0 Å². The fourth-order valence-electron chi connectivity index (χ4n) is 1.67. The Morgan fingerprint density at radius 3 is 3.00 bits per heavy atom. The van der Waals surface area contributed by atoms with Crippen molar-refractivity contribution >= 4 is 18.3 Å². The van der Waals surface area contributed by atoms with Gasteiger partial charge in [0.05, 0.1) is 19.8 Å². The Balaban J connectivity index is 0.00000256. The van der Waals surface area contributed by atoms with Gasteiger partial charge in [0, 0.05) is 26.8 Å². The summed E-state index contributed by atoms with van der Waals surface area (Å²) in [6, 6.07) is 0. The maximum Gasteiger partial charge on any atom is 0.233 e. The van der Waals surface area contributed by atoms with Crippen molar-refractivity contribution in [3.8, 4) is 0 Å². The molecule has 1 rings (SSSR count). The fourth-order valence-corrected chi connectivity index (χ4v) is 1.67. The number of hydrogen-bond acceptors (Lipinski definition) is 4. The standard InChI is InChI=1S/C11H22N2O3.ClH/c1-15-6-4-12-8-11(14)13-7-10-3-2-5-16-9-10;/h10,12H,2-9H2,1H3,(H,13,14);1H. The predicted octanol–water partition coefficient (Wildman–Crippen LogP) is 0.187. The minimum Gasteiger partial charge on any atom is -0.383 e. The quantitative estimate of drug-likeness (QED) is 0.646. The summed E-state index contributed by atoms with van der Waals surface area (Å²) in [6.07, 6.45) is 2.25. The molecule has 0 aromatic carbocycles. The first-order valence-electron chi connectivity index (χ1n) is 5.87. The molecule has 0 aromatic heterocycles. The van der Waals surface area contributed by atoms with Crippen LogP contribution < -0.4 is 10.6 Å². The normalized spacial score (nSPS) is 19.5. The van der Waals surface area contributed by atoms with Crippen molar-refractivity contribution in [3.05, 3.63) is 0 Å². The van der Waals surface area contributed by atoms with Crippen LogP contribution in [-0.2, 0) is 14.3 Å². The lowest BCUT2D eigenvalue weighted by molar-refractivity contribution is -0.120. The first-order valence-corrected chi connectivity index (χ1v) is 5.87. The van der Waals surface area contributed by atoms with Crippen LogP contribution in [0.2, 0.25) is 0 Å². The van der Waals surface area contributed by atoms with E-state index < -0.39 is 0 Å². The van der Waals surface area contributed by atoms with Gasteiger partial charge in [0.2, 0.25) is 5.91 Å². The molecule has 0 aromatic rings. The molecule has 1 fully saturated rings. The SMILES string of the molecule is COCCNCC(=O)NCC1CCCOC1.Cl. The van der Waals surface area contributed by atoms with Gasteiger partial charge in [-0.2, -0.15) is 0 Å². The lowest BCUT2D eigenvalue weighted by atomic mass is 10.0. The summed E-state index contributed by atoms with van der Waals surface area (Å²) in [5.41, 5.74) is 0. The molecule has 1 atom stereocenters. The van der Waals surface area contributed by atoms with E-state index in [-0.39, 0.29) is 18.3 Å². The molecule has 2 N–H and O–H groups in total. The second-order valence-electron chi connectivity index (χ2n) is 4.06. The van der Waals surface area contributed by atoms with Gasteiger partial charge < -0.3 is 20.1 Å². The zero-order valence-electron chi connectivity index (χ0n) is 10.4. The highest BCUT2D eigenvalue weighted by atomic mass is 35.5. The van der Waals surface area contributed by atoms with E-state index in [1.807, 2.05) is 0 Å². The predicted molar refractivity (Wildman–Crippen MR) is 68.5 cm³/mol. The summed E-state index contributed by atoms with van der Waals surface area (Å²) in [5.74, 6) is 0.526. The molecule has 1 unspecified atom stereocenters. The molecule has 0 bridgehead atoms. The van der Waals surface area contributed by atoms with Crippen LogP contribution in [0.5, 0.6) is 0 Å². The topological polar surface area (TPSA) is 59.6 Å². The van der Waals surface area contributed by atoms with Crippen molar-refractivity contribution in [3.63, 3.8) is 0 Å². The van der Waals surface area contributed by atoms with Gasteiger partial charge in [0.15, 0.2) is 0 Å². The largest absolute Gasteiger partial charge is 0.383 e. The van der Waals surface area contributed by atoms with Crippen molar-refractivity contribution in [2.45, 2.75) is 12.8 Å². The molecule has 1 aliphatic rings. The van der Waals surface area contributed by atoms with Gasteiger partial charge in [-0.1, -0.05) is 0 Å². The number of ether oxygens (including phenoxy) is 2. The van der Waals surface area contributed by atoms with Gasteiger partial charge in [-0.3, -0.25) is 4.79 Å². The smallest absolute Gasteiger partial charge is 0.233 e. The molecule has 0 radical (unpaired) electrons. The highest BCUT2D eigenvalue weighted by Crippen LogP contribution is 2.11. The molecule has 1 aliphatic heterocycles. The van der Waals surface area contributed by atoms with Crippen molar-refractivity contribution in [1.29, 1.82) is 0 Å². The Labute approximate surface area is 109 Å². The Morgan fingerprint density at radius 2 is 2.35 bits per heavy atom. The Hall–Kier alpha value is -0.360. The summed E-state index contributed by atoms with van der Waals surface area (Å²) in [4.78, 5) is 11.4.